The van der Waals surface area contributed by atoms with E-state index in [9.17, 15) is 9.59 Å². The van der Waals surface area contributed by atoms with Crippen LogP contribution < -0.4 is 10.9 Å². The third-order valence-corrected chi connectivity index (χ3v) is 6.66. The summed E-state index contributed by atoms with van der Waals surface area (Å²) < 4.78 is 8.71. The first-order valence-corrected chi connectivity index (χ1v) is 11.2. The van der Waals surface area contributed by atoms with Crippen molar-refractivity contribution in [2.45, 2.75) is 33.1 Å². The number of nitrogens with one attached hydrogen (secondary N) is 1. The Kier molecular flexibility index (Phi) is 5.21. The Morgan fingerprint density at radius 3 is 2.76 bits per heavy atom. The normalized spacial score (nSPS) is 12.4. The SMILES string of the molecule is CCc1ccc2c(c1)CCc1c(C(=O)Nc3c(C)n(C)n(-c4ccccc4Cl)c3=O)noc1-2. The minimum absolute atomic E-state index is 0.183. The second-order valence-electron chi connectivity index (χ2n) is 8.19. The maximum Gasteiger partial charge on any atom is 0.295 e. The minimum atomic E-state index is -0.467. The van der Waals surface area contributed by atoms with E-state index in [1.54, 1.807) is 42.9 Å². The van der Waals surface area contributed by atoms with Gasteiger partial charge in [0.05, 0.1) is 16.4 Å². The van der Waals surface area contributed by atoms with Gasteiger partial charge < -0.3 is 9.84 Å². The number of hydrogen-bond donors (Lipinski definition) is 1. The van der Waals surface area contributed by atoms with Crippen LogP contribution in [0.1, 0.15) is 39.8 Å². The Labute approximate surface area is 195 Å². The highest BCUT2D eigenvalue weighted by Crippen LogP contribution is 2.36. The lowest BCUT2D eigenvalue weighted by Gasteiger charge is -2.15. The molecule has 0 unspecified atom stereocenters. The van der Waals surface area contributed by atoms with E-state index in [-0.39, 0.29) is 16.9 Å². The van der Waals surface area contributed by atoms with E-state index in [1.807, 2.05) is 6.07 Å². The van der Waals surface area contributed by atoms with Crippen LogP contribution in [0.2, 0.25) is 5.02 Å². The largest absolute Gasteiger partial charge is 0.355 e. The van der Waals surface area contributed by atoms with E-state index in [1.165, 1.54) is 15.8 Å². The molecule has 0 radical (unpaired) electrons. The average molecular weight is 463 g/mol. The molecular weight excluding hydrogens is 440 g/mol. The van der Waals surface area contributed by atoms with Gasteiger partial charge in [-0.25, -0.2) is 4.68 Å². The second kappa shape index (κ2) is 8.08. The first-order valence-electron chi connectivity index (χ1n) is 10.9. The number of para-hydroxylation sites is 1. The Balaban J connectivity index is 1.50. The van der Waals surface area contributed by atoms with E-state index >= 15 is 0 Å². The molecule has 0 saturated carbocycles. The van der Waals surface area contributed by atoms with E-state index < -0.39 is 5.91 Å². The molecule has 0 saturated heterocycles. The number of fused-ring (bicyclic) bond motifs is 3. The van der Waals surface area contributed by atoms with E-state index in [2.05, 4.69) is 29.5 Å². The van der Waals surface area contributed by atoms with Crippen LogP contribution in [0.5, 0.6) is 0 Å². The van der Waals surface area contributed by atoms with Gasteiger partial charge in [-0.1, -0.05) is 54.0 Å². The molecule has 0 fully saturated rings. The third kappa shape index (κ3) is 3.40. The molecule has 8 heteroatoms. The molecule has 1 aliphatic carbocycles. The van der Waals surface area contributed by atoms with Crippen molar-refractivity contribution in [1.29, 1.82) is 0 Å². The number of nitrogens with zero attached hydrogens (tertiary/aromatic N) is 3. The van der Waals surface area contributed by atoms with Gasteiger partial charge in [-0.2, -0.15) is 0 Å². The van der Waals surface area contributed by atoms with Gasteiger partial charge in [0.2, 0.25) is 0 Å². The highest BCUT2D eigenvalue weighted by molar-refractivity contribution is 6.32. The number of carbonyl (C=O) groups is 1. The summed E-state index contributed by atoms with van der Waals surface area (Å²) in [5, 5.41) is 7.28. The van der Waals surface area contributed by atoms with Crippen LogP contribution in [0.4, 0.5) is 5.69 Å². The number of rotatable bonds is 4. The predicted octanol–water partition coefficient (Wildman–Crippen LogP) is 4.71. The van der Waals surface area contributed by atoms with Gasteiger partial charge in [-0.05, 0) is 49.4 Å². The number of anilines is 1. The topological polar surface area (TPSA) is 82.1 Å². The number of benzene rings is 2. The first kappa shape index (κ1) is 21.3. The number of halogens is 1. The molecule has 0 bridgehead atoms. The summed E-state index contributed by atoms with van der Waals surface area (Å²) in [6, 6.07) is 13.4. The van der Waals surface area contributed by atoms with E-state index in [0.717, 1.165) is 24.0 Å². The molecule has 2 aromatic heterocycles. The van der Waals surface area contributed by atoms with Crippen molar-refractivity contribution in [3.05, 3.63) is 85.9 Å². The van der Waals surface area contributed by atoms with Crippen LogP contribution in [0.3, 0.4) is 0 Å². The van der Waals surface area contributed by atoms with Crippen molar-refractivity contribution in [2.24, 2.45) is 7.05 Å². The standard InChI is InChI=1S/C25H23ClN4O3/c1-4-15-9-11-17-16(13-15)10-12-18-22(28-33-23(17)18)24(31)27-21-14(2)29(3)30(25(21)32)20-8-6-5-7-19(20)26/h5-9,11,13H,4,10,12H2,1-3H3,(H,27,31). The zero-order valence-corrected chi connectivity index (χ0v) is 19.4. The Morgan fingerprint density at radius 2 is 2.00 bits per heavy atom. The van der Waals surface area contributed by atoms with Gasteiger partial charge in [-0.3, -0.25) is 14.3 Å². The quantitative estimate of drug-likeness (QED) is 0.476. The maximum atomic E-state index is 13.2. The first-order chi connectivity index (χ1) is 15.9. The number of aryl methyl sites for hydroxylation is 2. The van der Waals surface area contributed by atoms with Crippen LogP contribution in [0, 0.1) is 6.92 Å². The van der Waals surface area contributed by atoms with Gasteiger partial charge in [0.25, 0.3) is 11.5 Å². The lowest BCUT2D eigenvalue weighted by Crippen LogP contribution is -2.24. The molecule has 0 spiro atoms. The van der Waals surface area contributed by atoms with Gasteiger partial charge in [0.15, 0.2) is 11.5 Å². The van der Waals surface area contributed by atoms with Crippen molar-refractivity contribution in [2.75, 3.05) is 5.32 Å². The van der Waals surface area contributed by atoms with Crippen molar-refractivity contribution in [3.8, 4) is 17.0 Å². The van der Waals surface area contributed by atoms with Crippen LogP contribution in [0.15, 0.2) is 51.8 Å². The number of amides is 1. The fourth-order valence-corrected chi connectivity index (χ4v) is 4.62. The summed E-state index contributed by atoms with van der Waals surface area (Å²) >= 11 is 6.31. The third-order valence-electron chi connectivity index (χ3n) is 6.34. The average Bonchev–Trinajstić information content (AvgIpc) is 3.35. The molecule has 1 N–H and O–H groups in total. The number of hydrogen-bond acceptors (Lipinski definition) is 4. The van der Waals surface area contributed by atoms with Gasteiger partial charge >= 0.3 is 0 Å². The van der Waals surface area contributed by atoms with Crippen molar-refractivity contribution in [1.82, 2.24) is 14.5 Å². The molecule has 168 valence electrons. The molecule has 2 heterocycles. The Bertz CT molecular complexity index is 1460. The summed E-state index contributed by atoms with van der Waals surface area (Å²) in [5.74, 6) is 0.160. The molecule has 7 nitrogen and oxygen atoms in total. The highest BCUT2D eigenvalue weighted by atomic mass is 35.5. The van der Waals surface area contributed by atoms with Crippen molar-refractivity contribution < 1.29 is 9.32 Å². The zero-order chi connectivity index (χ0) is 23.3. The second-order valence-corrected chi connectivity index (χ2v) is 8.60. The van der Waals surface area contributed by atoms with Gasteiger partial charge in [0.1, 0.15) is 5.69 Å². The fourth-order valence-electron chi connectivity index (χ4n) is 4.41. The molecule has 1 amide bonds. The van der Waals surface area contributed by atoms with E-state index in [4.69, 9.17) is 16.1 Å². The number of aromatic nitrogens is 3. The van der Waals surface area contributed by atoms with Crippen LogP contribution in [-0.4, -0.2) is 20.4 Å². The lowest BCUT2D eigenvalue weighted by molar-refractivity contribution is 0.101. The molecule has 4 aromatic rings. The Hall–Kier alpha value is -3.58. The van der Waals surface area contributed by atoms with E-state index in [0.29, 0.717) is 28.6 Å². The molecule has 33 heavy (non-hydrogen) atoms. The maximum absolute atomic E-state index is 13.2. The van der Waals surface area contributed by atoms with Gasteiger partial charge in [-0.15, -0.1) is 0 Å². The van der Waals surface area contributed by atoms with Crippen LogP contribution in [-0.2, 0) is 26.3 Å². The smallest absolute Gasteiger partial charge is 0.295 e. The summed E-state index contributed by atoms with van der Waals surface area (Å²) in [4.78, 5) is 26.4. The van der Waals surface area contributed by atoms with Crippen molar-refractivity contribution >= 4 is 23.2 Å². The zero-order valence-electron chi connectivity index (χ0n) is 18.6. The summed E-state index contributed by atoms with van der Waals surface area (Å²) in [7, 11) is 1.75. The van der Waals surface area contributed by atoms with Crippen LogP contribution >= 0.6 is 11.6 Å². The Morgan fingerprint density at radius 1 is 1.21 bits per heavy atom. The summed E-state index contributed by atoms with van der Waals surface area (Å²) in [5.41, 5.74) is 5.37. The molecule has 0 aliphatic heterocycles. The molecule has 0 atom stereocenters. The van der Waals surface area contributed by atoms with Crippen LogP contribution in [0.25, 0.3) is 17.0 Å². The summed E-state index contributed by atoms with van der Waals surface area (Å²) in [6.45, 7) is 3.89. The monoisotopic (exact) mass is 462 g/mol. The fraction of sp³-hybridized carbons (Fsp3) is 0.240. The molecule has 1 aliphatic rings. The van der Waals surface area contributed by atoms with Gasteiger partial charge in [0, 0.05) is 18.2 Å². The lowest BCUT2D eigenvalue weighted by atomic mass is 9.88. The molecular formula is C25H23ClN4O3. The minimum Gasteiger partial charge on any atom is -0.355 e. The number of carbonyl (C=O) groups excluding carboxylic acids is 1. The summed E-state index contributed by atoms with van der Waals surface area (Å²) in [6.07, 6.45) is 2.42. The molecule has 5 rings (SSSR count). The molecule has 2 aromatic carbocycles. The predicted molar refractivity (Wildman–Crippen MR) is 127 cm³/mol. The van der Waals surface area contributed by atoms with Crippen molar-refractivity contribution in [3.63, 3.8) is 0 Å². The highest BCUT2D eigenvalue weighted by Gasteiger charge is 2.29.